The molecule has 5 aromatic rings. The number of hydrogen-bond acceptors (Lipinski definition) is 6. The number of aliphatic imine (C=N–C) groups is 1. The van der Waals surface area contributed by atoms with Gasteiger partial charge in [0.05, 0.1) is 28.1 Å². The normalized spacial score (nSPS) is 12.9. The number of aryl methyl sites for hydroxylation is 3. The summed E-state index contributed by atoms with van der Waals surface area (Å²) in [6.45, 7) is 5.90. The zero-order valence-electron chi connectivity index (χ0n) is 21.4. The molecule has 39 heavy (non-hydrogen) atoms. The Morgan fingerprint density at radius 3 is 2.46 bits per heavy atom. The molecule has 1 aliphatic heterocycles. The van der Waals surface area contributed by atoms with Crippen LogP contribution in [0.5, 0.6) is 0 Å². The summed E-state index contributed by atoms with van der Waals surface area (Å²) in [7, 11) is 0. The molecule has 4 aromatic carbocycles. The van der Waals surface area contributed by atoms with Crippen LogP contribution in [0.4, 0.5) is 5.69 Å². The van der Waals surface area contributed by atoms with Crippen molar-refractivity contribution in [1.29, 1.82) is 0 Å². The second kappa shape index (κ2) is 9.56. The van der Waals surface area contributed by atoms with Gasteiger partial charge in [-0.05, 0) is 79.7 Å². The molecule has 0 amide bonds. The summed E-state index contributed by atoms with van der Waals surface area (Å²) in [6.07, 6.45) is 1.59. The van der Waals surface area contributed by atoms with Gasteiger partial charge < -0.3 is 4.74 Å². The maximum Gasteiger partial charge on any atom is 0.346 e. The Morgan fingerprint density at radius 2 is 1.64 bits per heavy atom. The number of nitrogens with zero attached hydrogens (tertiary/aromatic N) is 2. The Bertz CT molecular complexity index is 1920. The lowest BCUT2D eigenvalue weighted by Crippen LogP contribution is -2.19. The topological polar surface area (TPSA) is 93.5 Å². The second-order valence-corrected chi connectivity index (χ2v) is 10.6. The highest BCUT2D eigenvalue weighted by Crippen LogP contribution is 2.39. The molecule has 0 bridgehead atoms. The van der Waals surface area contributed by atoms with Crippen LogP contribution in [0.3, 0.4) is 0 Å². The minimum atomic E-state index is -0.652. The fourth-order valence-electron chi connectivity index (χ4n) is 4.65. The van der Waals surface area contributed by atoms with Crippen molar-refractivity contribution >= 4 is 46.4 Å². The molecule has 0 saturated heterocycles. The zero-order chi connectivity index (χ0) is 27.3. The van der Waals surface area contributed by atoms with Gasteiger partial charge in [0.25, 0.3) is 5.56 Å². The highest BCUT2D eigenvalue weighted by molar-refractivity contribution is 7.99. The van der Waals surface area contributed by atoms with E-state index in [1.54, 1.807) is 24.4 Å². The van der Waals surface area contributed by atoms with Crippen molar-refractivity contribution in [3.8, 4) is 5.69 Å². The van der Waals surface area contributed by atoms with E-state index >= 15 is 0 Å². The molecule has 0 unspecified atom stereocenters. The number of carbonyl (C=O) groups excluding carboxylic acids is 2. The SMILES string of the molecule is Cc1ccc(-n2[nH]c(C)c(C=Nc3ccccc3Sc3cc4c5c(cccc5c3)C(=O)OC4=O)c2=O)cc1C. The van der Waals surface area contributed by atoms with E-state index in [1.165, 1.54) is 16.4 Å². The first kappa shape index (κ1) is 24.6. The zero-order valence-corrected chi connectivity index (χ0v) is 22.3. The molecule has 2 heterocycles. The Labute approximate surface area is 228 Å². The highest BCUT2D eigenvalue weighted by Gasteiger charge is 2.27. The van der Waals surface area contributed by atoms with Crippen molar-refractivity contribution in [3.05, 3.63) is 117 Å². The molecular weight excluding hydrogens is 510 g/mol. The number of cyclic esters (lactones) is 2. The summed E-state index contributed by atoms with van der Waals surface area (Å²) in [5, 5.41) is 4.55. The number of rotatable bonds is 5. The third-order valence-electron chi connectivity index (χ3n) is 6.87. The van der Waals surface area contributed by atoms with E-state index in [0.717, 1.165) is 32.0 Å². The third kappa shape index (κ3) is 4.38. The average molecular weight is 534 g/mol. The first-order chi connectivity index (χ1) is 18.8. The van der Waals surface area contributed by atoms with Gasteiger partial charge in [-0.1, -0.05) is 42.1 Å². The number of aromatic amines is 1. The maximum absolute atomic E-state index is 13.2. The molecule has 1 N–H and O–H groups in total. The van der Waals surface area contributed by atoms with E-state index < -0.39 is 11.9 Å². The first-order valence-corrected chi connectivity index (χ1v) is 13.2. The minimum absolute atomic E-state index is 0.179. The number of esters is 2. The fraction of sp³-hybridized carbons (Fsp3) is 0.0968. The molecule has 1 aliphatic rings. The van der Waals surface area contributed by atoms with Crippen LogP contribution in [0.25, 0.3) is 16.5 Å². The van der Waals surface area contributed by atoms with Gasteiger partial charge in [-0.2, -0.15) is 0 Å². The summed E-state index contributed by atoms with van der Waals surface area (Å²) in [6, 6.07) is 22.5. The van der Waals surface area contributed by atoms with Gasteiger partial charge in [-0.25, -0.2) is 14.3 Å². The summed E-state index contributed by atoms with van der Waals surface area (Å²) in [5.41, 5.74) is 5.47. The summed E-state index contributed by atoms with van der Waals surface area (Å²) in [5.74, 6) is -1.28. The van der Waals surface area contributed by atoms with Gasteiger partial charge in [0, 0.05) is 27.1 Å². The molecule has 0 aliphatic carbocycles. The van der Waals surface area contributed by atoms with Gasteiger partial charge in [0.15, 0.2) is 0 Å². The largest absolute Gasteiger partial charge is 0.386 e. The number of carbonyl (C=O) groups is 2. The monoisotopic (exact) mass is 533 g/mol. The molecule has 0 radical (unpaired) electrons. The van der Waals surface area contributed by atoms with Crippen LogP contribution < -0.4 is 5.56 Å². The number of hydrogen-bond donors (Lipinski definition) is 1. The van der Waals surface area contributed by atoms with Crippen molar-refractivity contribution in [2.45, 2.75) is 30.6 Å². The van der Waals surface area contributed by atoms with Gasteiger partial charge >= 0.3 is 11.9 Å². The molecule has 192 valence electrons. The lowest BCUT2D eigenvalue weighted by atomic mass is 9.97. The summed E-state index contributed by atoms with van der Waals surface area (Å²) < 4.78 is 6.47. The van der Waals surface area contributed by atoms with Crippen molar-refractivity contribution < 1.29 is 14.3 Å². The lowest BCUT2D eigenvalue weighted by Gasteiger charge is -2.16. The predicted octanol–water partition coefficient (Wildman–Crippen LogP) is 6.46. The standard InChI is InChI=1S/C31H23N3O4S/c1-17-11-12-21(13-18(17)2)34-29(35)25(19(3)33-34)16-32-26-9-4-5-10-27(26)39-22-14-20-7-6-8-23-28(20)24(15-22)31(37)38-30(23)36/h4-16,33H,1-3H3. The smallest absolute Gasteiger partial charge is 0.346 e. The van der Waals surface area contributed by atoms with Crippen LogP contribution in [0.15, 0.2) is 92.4 Å². The van der Waals surface area contributed by atoms with E-state index in [9.17, 15) is 14.4 Å². The Balaban J connectivity index is 1.35. The van der Waals surface area contributed by atoms with Crippen molar-refractivity contribution in [1.82, 2.24) is 9.78 Å². The maximum atomic E-state index is 13.2. The molecule has 0 saturated carbocycles. The van der Waals surface area contributed by atoms with Crippen molar-refractivity contribution in [2.75, 3.05) is 0 Å². The average Bonchev–Trinajstić information content (AvgIpc) is 3.21. The summed E-state index contributed by atoms with van der Waals surface area (Å²) in [4.78, 5) is 44.2. The minimum Gasteiger partial charge on any atom is -0.386 e. The van der Waals surface area contributed by atoms with Gasteiger partial charge in [0.2, 0.25) is 0 Å². The number of para-hydroxylation sites is 1. The van der Waals surface area contributed by atoms with Gasteiger partial charge in [-0.15, -0.1) is 0 Å². The molecule has 7 nitrogen and oxygen atoms in total. The van der Waals surface area contributed by atoms with Crippen LogP contribution >= 0.6 is 11.8 Å². The Hall–Kier alpha value is -4.69. The number of nitrogens with one attached hydrogen (secondary N) is 1. The number of benzene rings is 4. The molecule has 0 atom stereocenters. The number of H-pyrrole nitrogens is 1. The highest BCUT2D eigenvalue weighted by atomic mass is 32.2. The van der Waals surface area contributed by atoms with E-state index in [4.69, 9.17) is 4.74 Å². The van der Waals surface area contributed by atoms with Crippen LogP contribution in [-0.4, -0.2) is 27.9 Å². The van der Waals surface area contributed by atoms with Crippen LogP contribution in [0, 0.1) is 20.8 Å². The summed E-state index contributed by atoms with van der Waals surface area (Å²) >= 11 is 1.44. The van der Waals surface area contributed by atoms with E-state index in [-0.39, 0.29) is 5.56 Å². The quantitative estimate of drug-likeness (QED) is 0.159. The molecule has 1 aromatic heterocycles. The van der Waals surface area contributed by atoms with E-state index in [1.807, 2.05) is 75.4 Å². The second-order valence-electron chi connectivity index (χ2n) is 9.44. The lowest BCUT2D eigenvalue weighted by molar-refractivity contribution is 0.0391. The van der Waals surface area contributed by atoms with Crippen LogP contribution in [0.1, 0.15) is 43.1 Å². The third-order valence-corrected chi connectivity index (χ3v) is 7.90. The molecule has 6 rings (SSSR count). The number of aromatic nitrogens is 2. The molecule has 0 fully saturated rings. The predicted molar refractivity (Wildman–Crippen MR) is 152 cm³/mol. The van der Waals surface area contributed by atoms with Crippen LogP contribution in [-0.2, 0) is 4.74 Å². The van der Waals surface area contributed by atoms with Crippen molar-refractivity contribution in [2.24, 2.45) is 4.99 Å². The van der Waals surface area contributed by atoms with Gasteiger partial charge in [-0.3, -0.25) is 14.9 Å². The first-order valence-electron chi connectivity index (χ1n) is 12.3. The van der Waals surface area contributed by atoms with E-state index in [0.29, 0.717) is 33.5 Å². The number of ether oxygens (including phenoxy) is 1. The Morgan fingerprint density at radius 1 is 0.846 bits per heavy atom. The van der Waals surface area contributed by atoms with Gasteiger partial charge in [0.1, 0.15) is 0 Å². The molecular formula is C31H23N3O4S. The van der Waals surface area contributed by atoms with Crippen LogP contribution in [0.2, 0.25) is 0 Å². The van der Waals surface area contributed by atoms with E-state index in [2.05, 4.69) is 10.1 Å². The Kier molecular flexibility index (Phi) is 6.04. The van der Waals surface area contributed by atoms with Crippen molar-refractivity contribution in [3.63, 3.8) is 0 Å². The molecule has 0 spiro atoms. The molecule has 8 heteroatoms. The fourth-order valence-corrected chi connectivity index (χ4v) is 5.64.